The van der Waals surface area contributed by atoms with Crippen LogP contribution in [0.15, 0.2) is 42.5 Å². The Morgan fingerprint density at radius 2 is 1.62 bits per heavy atom. The average molecular weight is 488 g/mol. The summed E-state index contributed by atoms with van der Waals surface area (Å²) in [4.78, 5) is 42.4. The summed E-state index contributed by atoms with van der Waals surface area (Å²) >= 11 is 5.90. The van der Waals surface area contributed by atoms with Gasteiger partial charge in [-0.1, -0.05) is 11.6 Å². The van der Waals surface area contributed by atoms with Gasteiger partial charge in [0.05, 0.1) is 29.4 Å². The zero-order valence-electron chi connectivity index (χ0n) is 18.6. The lowest BCUT2D eigenvalue weighted by Crippen LogP contribution is -2.40. The number of carbonyl (C=O) groups is 2. The van der Waals surface area contributed by atoms with Crippen LogP contribution in [0.5, 0.6) is 0 Å². The number of morpholine rings is 1. The van der Waals surface area contributed by atoms with Crippen molar-refractivity contribution < 1.29 is 19.2 Å². The molecule has 1 N–H and O–H groups in total. The van der Waals surface area contributed by atoms with Gasteiger partial charge < -0.3 is 24.8 Å². The van der Waals surface area contributed by atoms with Crippen LogP contribution < -0.4 is 10.2 Å². The molecule has 0 saturated carbocycles. The number of benzene rings is 2. The molecule has 180 valence electrons. The van der Waals surface area contributed by atoms with E-state index in [4.69, 9.17) is 16.3 Å². The lowest BCUT2D eigenvalue weighted by atomic mass is 10.1. The summed E-state index contributed by atoms with van der Waals surface area (Å²) in [5.41, 5.74) is 1.48. The van der Waals surface area contributed by atoms with Crippen LogP contribution in [0.3, 0.4) is 0 Å². The Bertz CT molecular complexity index is 1060. The number of nitrogens with zero attached hydrogens (tertiary/aromatic N) is 4. The molecule has 0 unspecified atom stereocenters. The number of hydrogen-bond donors (Lipinski definition) is 1. The second-order valence-corrected chi connectivity index (χ2v) is 8.56. The van der Waals surface area contributed by atoms with Gasteiger partial charge in [-0.25, -0.2) is 4.79 Å². The number of nitrogens with one attached hydrogen (secondary N) is 1. The largest absolute Gasteiger partial charge is 0.378 e. The molecule has 34 heavy (non-hydrogen) atoms. The maximum absolute atomic E-state index is 13.5. The van der Waals surface area contributed by atoms with E-state index in [-0.39, 0.29) is 17.6 Å². The number of non-ortho nitro benzene ring substituents is 1. The van der Waals surface area contributed by atoms with E-state index in [0.29, 0.717) is 80.9 Å². The Morgan fingerprint density at radius 3 is 2.32 bits per heavy atom. The van der Waals surface area contributed by atoms with E-state index in [1.165, 1.54) is 12.1 Å². The number of hydrogen-bond acceptors (Lipinski definition) is 6. The molecule has 0 bridgehead atoms. The van der Waals surface area contributed by atoms with Crippen LogP contribution in [0.1, 0.15) is 16.8 Å². The van der Waals surface area contributed by atoms with Crippen molar-refractivity contribution in [1.29, 1.82) is 0 Å². The van der Waals surface area contributed by atoms with E-state index in [0.717, 1.165) is 0 Å². The Kier molecular flexibility index (Phi) is 7.49. The Labute approximate surface area is 202 Å². The molecule has 2 aromatic carbocycles. The van der Waals surface area contributed by atoms with Crippen LogP contribution in [0.2, 0.25) is 5.02 Å². The molecule has 2 heterocycles. The first-order valence-corrected chi connectivity index (χ1v) is 11.5. The minimum absolute atomic E-state index is 0.126. The van der Waals surface area contributed by atoms with Crippen molar-refractivity contribution in [2.75, 3.05) is 62.7 Å². The maximum Gasteiger partial charge on any atom is 0.321 e. The molecular formula is C23H26ClN5O5. The maximum atomic E-state index is 13.5. The van der Waals surface area contributed by atoms with Gasteiger partial charge in [-0.3, -0.25) is 14.9 Å². The minimum atomic E-state index is -0.495. The van der Waals surface area contributed by atoms with Crippen molar-refractivity contribution in [2.45, 2.75) is 6.42 Å². The molecular weight excluding hydrogens is 462 g/mol. The molecule has 2 aliphatic heterocycles. The first-order valence-electron chi connectivity index (χ1n) is 11.1. The fourth-order valence-electron chi connectivity index (χ4n) is 4.12. The molecule has 2 fully saturated rings. The summed E-state index contributed by atoms with van der Waals surface area (Å²) in [6, 6.07) is 11.0. The summed E-state index contributed by atoms with van der Waals surface area (Å²) in [7, 11) is 0. The number of halogens is 1. The fraction of sp³-hybridized carbons (Fsp3) is 0.391. The number of nitro groups is 1. The lowest BCUT2D eigenvalue weighted by molar-refractivity contribution is -0.384. The van der Waals surface area contributed by atoms with Gasteiger partial charge in [0.15, 0.2) is 0 Å². The van der Waals surface area contributed by atoms with E-state index in [1.807, 2.05) is 4.90 Å². The monoisotopic (exact) mass is 487 g/mol. The van der Waals surface area contributed by atoms with Gasteiger partial charge in [-0.15, -0.1) is 0 Å². The molecule has 2 aromatic rings. The van der Waals surface area contributed by atoms with E-state index in [9.17, 15) is 19.7 Å². The van der Waals surface area contributed by atoms with Gasteiger partial charge >= 0.3 is 6.03 Å². The van der Waals surface area contributed by atoms with Gasteiger partial charge in [0, 0.05) is 62.1 Å². The zero-order valence-corrected chi connectivity index (χ0v) is 19.4. The van der Waals surface area contributed by atoms with Crippen LogP contribution in [-0.2, 0) is 4.74 Å². The van der Waals surface area contributed by atoms with Crippen LogP contribution in [0, 0.1) is 10.1 Å². The highest BCUT2D eigenvalue weighted by Gasteiger charge is 2.28. The van der Waals surface area contributed by atoms with Crippen molar-refractivity contribution >= 4 is 40.6 Å². The molecule has 0 spiro atoms. The van der Waals surface area contributed by atoms with Crippen LogP contribution in [0.4, 0.5) is 21.9 Å². The van der Waals surface area contributed by atoms with Crippen molar-refractivity contribution in [2.24, 2.45) is 0 Å². The number of anilines is 2. The van der Waals surface area contributed by atoms with Crippen molar-refractivity contribution in [3.8, 4) is 0 Å². The normalized spacial score (nSPS) is 16.7. The summed E-state index contributed by atoms with van der Waals surface area (Å²) in [5, 5.41) is 14.8. The summed E-state index contributed by atoms with van der Waals surface area (Å²) in [6.07, 6.45) is 0.599. The smallest absolute Gasteiger partial charge is 0.321 e. The molecule has 10 nitrogen and oxygen atoms in total. The molecule has 3 amide bonds. The highest BCUT2D eigenvalue weighted by atomic mass is 35.5. The topological polar surface area (TPSA) is 108 Å². The van der Waals surface area contributed by atoms with E-state index < -0.39 is 4.92 Å². The number of ether oxygens (including phenoxy) is 1. The Hall–Kier alpha value is -3.37. The second-order valence-electron chi connectivity index (χ2n) is 8.13. The highest BCUT2D eigenvalue weighted by Crippen LogP contribution is 2.28. The highest BCUT2D eigenvalue weighted by molar-refractivity contribution is 6.30. The predicted molar refractivity (Wildman–Crippen MR) is 129 cm³/mol. The number of carbonyl (C=O) groups excluding carboxylic acids is 2. The predicted octanol–water partition coefficient (Wildman–Crippen LogP) is 3.46. The second kappa shape index (κ2) is 10.7. The lowest BCUT2D eigenvalue weighted by Gasteiger charge is -2.31. The first kappa shape index (κ1) is 23.8. The number of amides is 3. The van der Waals surface area contributed by atoms with Gasteiger partial charge in [0.25, 0.3) is 11.6 Å². The van der Waals surface area contributed by atoms with Crippen molar-refractivity contribution in [3.05, 3.63) is 63.2 Å². The molecule has 2 saturated heterocycles. The molecule has 2 aliphatic rings. The quantitative estimate of drug-likeness (QED) is 0.522. The van der Waals surface area contributed by atoms with E-state index >= 15 is 0 Å². The third-order valence-electron chi connectivity index (χ3n) is 5.94. The fourth-order valence-corrected chi connectivity index (χ4v) is 4.24. The first-order chi connectivity index (χ1) is 16.4. The third kappa shape index (κ3) is 5.57. The summed E-state index contributed by atoms with van der Waals surface area (Å²) in [5.74, 6) is -0.273. The van der Waals surface area contributed by atoms with Gasteiger partial charge in [0.2, 0.25) is 0 Å². The Morgan fingerprint density at radius 1 is 0.941 bits per heavy atom. The van der Waals surface area contributed by atoms with E-state index in [1.54, 1.807) is 40.1 Å². The number of nitro benzene ring substituents is 1. The van der Waals surface area contributed by atoms with Gasteiger partial charge in [-0.2, -0.15) is 0 Å². The van der Waals surface area contributed by atoms with Crippen LogP contribution in [0.25, 0.3) is 0 Å². The molecule has 0 radical (unpaired) electrons. The minimum Gasteiger partial charge on any atom is -0.378 e. The summed E-state index contributed by atoms with van der Waals surface area (Å²) in [6.45, 7) is 3.92. The standard InChI is InChI=1S/C23H26ClN5O5/c24-17-2-4-18(5-3-17)25-23(31)28-9-1-8-27(10-11-28)22(30)20-16-19(29(32)33)6-7-21(20)26-12-14-34-15-13-26/h2-7,16H,1,8-15H2,(H,25,31). The van der Waals surface area contributed by atoms with Crippen molar-refractivity contribution in [3.63, 3.8) is 0 Å². The number of rotatable bonds is 4. The molecule has 4 rings (SSSR count). The van der Waals surface area contributed by atoms with Crippen molar-refractivity contribution in [1.82, 2.24) is 9.80 Å². The van der Waals surface area contributed by atoms with Crippen LogP contribution in [-0.4, -0.2) is 79.1 Å². The number of urea groups is 1. The molecule has 0 aromatic heterocycles. The zero-order chi connectivity index (χ0) is 24.1. The average Bonchev–Trinajstić information content (AvgIpc) is 3.12. The molecule has 0 aliphatic carbocycles. The van der Waals surface area contributed by atoms with E-state index in [2.05, 4.69) is 5.32 Å². The third-order valence-corrected chi connectivity index (χ3v) is 6.19. The van der Waals surface area contributed by atoms with Gasteiger partial charge in [-0.05, 0) is 36.8 Å². The van der Waals surface area contributed by atoms with Gasteiger partial charge in [0.1, 0.15) is 0 Å². The summed E-state index contributed by atoms with van der Waals surface area (Å²) < 4.78 is 5.40. The SMILES string of the molecule is O=C(Nc1ccc(Cl)cc1)N1CCCN(C(=O)c2cc([N+](=O)[O-])ccc2N2CCOCC2)CC1. The molecule has 0 atom stereocenters. The van der Waals surface area contributed by atoms with Crippen LogP contribution >= 0.6 is 11.6 Å². The Balaban J connectivity index is 1.47. The molecule has 11 heteroatoms.